The second-order valence-electron chi connectivity index (χ2n) is 3.85. The molecule has 0 aliphatic carbocycles. The SMILES string of the molecule is O=C(O)c1ncsc1S(=O)(=O)NCCOc1ccccc1. The molecule has 0 aliphatic heterocycles. The number of nitrogens with one attached hydrogen (secondary N) is 1. The predicted octanol–water partition coefficient (Wildman–Crippen LogP) is 1.20. The predicted molar refractivity (Wildman–Crippen MR) is 76.2 cm³/mol. The number of carboxylic acids is 1. The van der Waals surface area contributed by atoms with Crippen molar-refractivity contribution in [2.45, 2.75) is 4.21 Å². The number of carbonyl (C=O) groups is 1. The van der Waals surface area contributed by atoms with Crippen LogP contribution in [-0.2, 0) is 10.0 Å². The van der Waals surface area contributed by atoms with Gasteiger partial charge in [-0.05, 0) is 12.1 Å². The lowest BCUT2D eigenvalue weighted by Crippen LogP contribution is -2.28. The van der Waals surface area contributed by atoms with Gasteiger partial charge in [0.1, 0.15) is 12.4 Å². The molecule has 1 heterocycles. The van der Waals surface area contributed by atoms with Crippen LogP contribution >= 0.6 is 11.3 Å². The van der Waals surface area contributed by atoms with Gasteiger partial charge < -0.3 is 9.84 Å². The molecular formula is C12H12N2O5S2. The third-order valence-corrected chi connectivity index (χ3v) is 5.22. The van der Waals surface area contributed by atoms with Crippen molar-refractivity contribution < 1.29 is 23.1 Å². The van der Waals surface area contributed by atoms with E-state index < -0.39 is 21.7 Å². The summed E-state index contributed by atoms with van der Waals surface area (Å²) in [6, 6.07) is 8.94. The summed E-state index contributed by atoms with van der Waals surface area (Å²) in [5.41, 5.74) is 0.704. The number of para-hydroxylation sites is 1. The van der Waals surface area contributed by atoms with Gasteiger partial charge in [0.15, 0.2) is 9.90 Å². The van der Waals surface area contributed by atoms with Gasteiger partial charge in [-0.3, -0.25) is 0 Å². The van der Waals surface area contributed by atoms with Crippen LogP contribution in [0.25, 0.3) is 0 Å². The maximum atomic E-state index is 12.0. The Kier molecular flexibility index (Phi) is 4.89. The zero-order valence-corrected chi connectivity index (χ0v) is 12.4. The molecule has 7 nitrogen and oxygen atoms in total. The van der Waals surface area contributed by atoms with Gasteiger partial charge in [0.05, 0.1) is 5.51 Å². The van der Waals surface area contributed by atoms with Crippen molar-refractivity contribution >= 4 is 27.3 Å². The number of rotatable bonds is 7. The van der Waals surface area contributed by atoms with Crippen LogP contribution < -0.4 is 9.46 Å². The van der Waals surface area contributed by atoms with Crippen LogP contribution in [0.2, 0.25) is 0 Å². The molecule has 0 saturated heterocycles. The fraction of sp³-hybridized carbons (Fsp3) is 0.167. The summed E-state index contributed by atoms with van der Waals surface area (Å²) in [7, 11) is -3.90. The van der Waals surface area contributed by atoms with Gasteiger partial charge in [0, 0.05) is 6.54 Å². The smallest absolute Gasteiger partial charge is 0.356 e. The summed E-state index contributed by atoms with van der Waals surface area (Å²) in [4.78, 5) is 14.4. The molecule has 0 radical (unpaired) electrons. The highest BCUT2D eigenvalue weighted by Crippen LogP contribution is 2.19. The average Bonchev–Trinajstić information content (AvgIpc) is 2.95. The van der Waals surface area contributed by atoms with Gasteiger partial charge in [-0.2, -0.15) is 0 Å². The Hall–Kier alpha value is -1.97. The molecule has 0 atom stereocenters. The number of nitrogens with zero attached hydrogens (tertiary/aromatic N) is 1. The van der Waals surface area contributed by atoms with Crippen molar-refractivity contribution in [1.82, 2.24) is 9.71 Å². The number of sulfonamides is 1. The highest BCUT2D eigenvalue weighted by molar-refractivity contribution is 7.91. The van der Waals surface area contributed by atoms with Gasteiger partial charge >= 0.3 is 5.97 Å². The van der Waals surface area contributed by atoms with Gasteiger partial charge in [0.2, 0.25) is 0 Å². The van der Waals surface area contributed by atoms with E-state index >= 15 is 0 Å². The van der Waals surface area contributed by atoms with Crippen molar-refractivity contribution in [2.75, 3.05) is 13.2 Å². The highest BCUT2D eigenvalue weighted by atomic mass is 32.2. The molecule has 112 valence electrons. The minimum absolute atomic E-state index is 0.0220. The van der Waals surface area contributed by atoms with E-state index in [4.69, 9.17) is 9.84 Å². The summed E-state index contributed by atoms with van der Waals surface area (Å²) in [6.07, 6.45) is 0. The van der Waals surface area contributed by atoms with E-state index in [1.807, 2.05) is 6.07 Å². The molecule has 0 fully saturated rings. The Labute approximate surface area is 125 Å². The Morgan fingerprint density at radius 3 is 2.71 bits per heavy atom. The second kappa shape index (κ2) is 6.66. The summed E-state index contributed by atoms with van der Waals surface area (Å²) < 4.78 is 31.3. The quantitative estimate of drug-likeness (QED) is 0.740. The maximum absolute atomic E-state index is 12.0. The van der Waals surface area contributed by atoms with Crippen molar-refractivity contribution in [3.63, 3.8) is 0 Å². The van der Waals surface area contributed by atoms with Crippen molar-refractivity contribution in [3.05, 3.63) is 41.5 Å². The normalized spacial score (nSPS) is 11.2. The summed E-state index contributed by atoms with van der Waals surface area (Å²) >= 11 is 0.756. The summed E-state index contributed by atoms with van der Waals surface area (Å²) in [6.45, 7) is 0.151. The monoisotopic (exact) mass is 328 g/mol. The van der Waals surface area contributed by atoms with E-state index in [9.17, 15) is 13.2 Å². The molecule has 1 aromatic heterocycles. The first-order valence-electron chi connectivity index (χ1n) is 5.85. The lowest BCUT2D eigenvalue weighted by atomic mass is 10.3. The number of hydrogen-bond donors (Lipinski definition) is 2. The number of aromatic nitrogens is 1. The lowest BCUT2D eigenvalue weighted by molar-refractivity contribution is 0.0687. The molecule has 9 heteroatoms. The molecule has 21 heavy (non-hydrogen) atoms. The fourth-order valence-electron chi connectivity index (χ4n) is 1.50. The van der Waals surface area contributed by atoms with Crippen molar-refractivity contribution in [1.29, 1.82) is 0 Å². The minimum atomic E-state index is -3.90. The van der Waals surface area contributed by atoms with Gasteiger partial charge in [-0.1, -0.05) is 18.2 Å². The van der Waals surface area contributed by atoms with Crippen LogP contribution in [-0.4, -0.2) is 37.6 Å². The standard InChI is InChI=1S/C12H12N2O5S2/c15-11(16)10-12(20-8-13-10)21(17,18)14-6-7-19-9-4-2-1-3-5-9/h1-5,8,14H,6-7H2,(H,15,16). The van der Waals surface area contributed by atoms with Crippen LogP contribution in [0.1, 0.15) is 10.5 Å². The molecule has 1 aromatic carbocycles. The van der Waals surface area contributed by atoms with Gasteiger partial charge in [0.25, 0.3) is 10.0 Å². The van der Waals surface area contributed by atoms with Crippen LogP contribution in [0.4, 0.5) is 0 Å². The molecular weight excluding hydrogens is 316 g/mol. The van der Waals surface area contributed by atoms with Crippen molar-refractivity contribution in [3.8, 4) is 5.75 Å². The Morgan fingerprint density at radius 2 is 2.05 bits per heavy atom. The largest absolute Gasteiger partial charge is 0.492 e. The van der Waals surface area contributed by atoms with Crippen molar-refractivity contribution in [2.24, 2.45) is 0 Å². The van der Waals surface area contributed by atoms with Crippen LogP contribution in [0.5, 0.6) is 5.75 Å². The lowest BCUT2D eigenvalue weighted by Gasteiger charge is -2.07. The van der Waals surface area contributed by atoms with E-state index in [2.05, 4.69) is 9.71 Å². The van der Waals surface area contributed by atoms with Gasteiger partial charge in [-0.15, -0.1) is 11.3 Å². The maximum Gasteiger partial charge on any atom is 0.356 e. The Bertz CT molecular complexity index is 712. The second-order valence-corrected chi connectivity index (χ2v) is 6.67. The molecule has 0 aliphatic rings. The van der Waals surface area contributed by atoms with Crippen LogP contribution in [0.3, 0.4) is 0 Å². The number of ether oxygens (including phenoxy) is 1. The number of carboxylic acid groups (broad SMARTS) is 1. The zero-order chi connectivity index (χ0) is 15.3. The number of hydrogen-bond acceptors (Lipinski definition) is 6. The molecule has 0 amide bonds. The Morgan fingerprint density at radius 1 is 1.33 bits per heavy atom. The zero-order valence-electron chi connectivity index (χ0n) is 10.7. The van der Waals surface area contributed by atoms with E-state index in [0.717, 1.165) is 11.3 Å². The average molecular weight is 328 g/mol. The molecule has 2 aromatic rings. The summed E-state index contributed by atoms with van der Waals surface area (Å²) in [5.74, 6) is -0.752. The van der Waals surface area contributed by atoms with Crippen LogP contribution in [0, 0.1) is 0 Å². The third kappa shape index (κ3) is 4.00. The minimum Gasteiger partial charge on any atom is -0.492 e. The molecule has 2 N–H and O–H groups in total. The topological polar surface area (TPSA) is 106 Å². The van der Waals surface area contributed by atoms with Crippen LogP contribution in [0.15, 0.2) is 40.1 Å². The molecule has 2 rings (SSSR count). The molecule has 0 bridgehead atoms. The fourth-order valence-corrected chi connectivity index (χ4v) is 3.69. The first kappa shape index (κ1) is 15.4. The van der Waals surface area contributed by atoms with E-state index in [-0.39, 0.29) is 17.4 Å². The third-order valence-electron chi connectivity index (χ3n) is 2.39. The Balaban J connectivity index is 1.93. The molecule has 0 saturated carbocycles. The first-order chi connectivity index (χ1) is 10.0. The number of thiazole rings is 1. The van der Waals surface area contributed by atoms with Gasteiger partial charge in [-0.25, -0.2) is 22.9 Å². The molecule has 0 spiro atoms. The molecule has 0 unspecified atom stereocenters. The van der Waals surface area contributed by atoms with E-state index in [1.165, 1.54) is 5.51 Å². The van der Waals surface area contributed by atoms with E-state index in [0.29, 0.717) is 5.75 Å². The summed E-state index contributed by atoms with van der Waals surface area (Å²) in [5, 5.41) is 8.87. The number of benzene rings is 1. The van der Waals surface area contributed by atoms with E-state index in [1.54, 1.807) is 24.3 Å². The number of aromatic carboxylic acids is 1. The first-order valence-corrected chi connectivity index (χ1v) is 8.21. The highest BCUT2D eigenvalue weighted by Gasteiger charge is 2.25.